The fourth-order valence-electron chi connectivity index (χ4n) is 4.54. The molecular weight excluding hydrogens is 414 g/mol. The van der Waals surface area contributed by atoms with Crippen molar-refractivity contribution in [2.75, 3.05) is 11.1 Å². The van der Waals surface area contributed by atoms with Crippen LogP contribution >= 0.6 is 0 Å². The number of allylic oxidation sites excluding steroid dienone is 2. The molecule has 4 aromatic rings. The summed E-state index contributed by atoms with van der Waals surface area (Å²) in [5.41, 5.74) is 22.0. The molecule has 5 N–H and O–H groups in total. The molecule has 0 spiro atoms. The molecule has 1 unspecified atom stereocenters. The van der Waals surface area contributed by atoms with Crippen molar-refractivity contribution in [3.05, 3.63) is 132 Å². The van der Waals surface area contributed by atoms with Gasteiger partial charge < -0.3 is 16.8 Å². The van der Waals surface area contributed by atoms with E-state index in [9.17, 15) is 0 Å². The molecule has 1 aliphatic carbocycles. The Hall–Kier alpha value is -4.08. The summed E-state index contributed by atoms with van der Waals surface area (Å²) >= 11 is 0. The van der Waals surface area contributed by atoms with E-state index in [0.29, 0.717) is 6.42 Å². The molecule has 0 bridgehead atoms. The summed E-state index contributed by atoms with van der Waals surface area (Å²) in [6, 6.07) is 33.2. The number of nitrogen functional groups attached to an aromatic ring is 1. The monoisotopic (exact) mass is 443 g/mol. The molecule has 0 amide bonds. The van der Waals surface area contributed by atoms with Gasteiger partial charge in [-0.1, -0.05) is 91.0 Å². The number of benzene rings is 4. The highest BCUT2D eigenvalue weighted by Gasteiger charge is 2.30. The molecule has 0 aliphatic heterocycles. The third kappa shape index (κ3) is 4.39. The summed E-state index contributed by atoms with van der Waals surface area (Å²) in [4.78, 5) is 0. The summed E-state index contributed by atoms with van der Waals surface area (Å²) in [6.45, 7) is 2.10. The van der Waals surface area contributed by atoms with Crippen LogP contribution in [0.3, 0.4) is 0 Å². The fraction of sp³-hybridized carbons (Fsp3) is 0.0968. The maximum absolute atomic E-state index is 7.08. The molecule has 0 radical (unpaired) electrons. The Morgan fingerprint density at radius 2 is 1.56 bits per heavy atom. The lowest BCUT2D eigenvalue weighted by atomic mass is 9.80. The molecule has 3 nitrogen and oxygen atoms in total. The number of rotatable bonds is 5. The zero-order chi connectivity index (χ0) is 23.5. The third-order valence-corrected chi connectivity index (χ3v) is 6.40. The highest BCUT2D eigenvalue weighted by Crippen LogP contribution is 2.41. The van der Waals surface area contributed by atoms with Crippen LogP contribution in [0.2, 0.25) is 0 Å². The van der Waals surface area contributed by atoms with Crippen LogP contribution in [-0.4, -0.2) is 0 Å². The normalized spacial score (nSPS) is 17.3. The molecule has 0 saturated heterocycles. The van der Waals surface area contributed by atoms with Crippen molar-refractivity contribution in [1.29, 1.82) is 0 Å². The summed E-state index contributed by atoms with van der Waals surface area (Å²) in [6.07, 6.45) is 7.17. The molecule has 0 heterocycles. The molecule has 1 atom stereocenters. The van der Waals surface area contributed by atoms with E-state index in [1.807, 2.05) is 18.2 Å². The Kier molecular flexibility index (Phi) is 5.79. The van der Waals surface area contributed by atoms with Gasteiger partial charge in [0, 0.05) is 22.5 Å². The lowest BCUT2D eigenvalue weighted by Gasteiger charge is -2.32. The Balaban J connectivity index is 1.57. The average Bonchev–Trinajstić information content (AvgIpc) is 2.86. The van der Waals surface area contributed by atoms with E-state index in [-0.39, 0.29) is 0 Å². The minimum absolute atomic E-state index is 0.631. The first-order chi connectivity index (χ1) is 16.5. The number of hydrogen-bond donors (Lipinski definition) is 3. The molecule has 3 heteroatoms. The highest BCUT2D eigenvalue weighted by atomic mass is 14.9. The van der Waals surface area contributed by atoms with E-state index in [1.165, 1.54) is 5.56 Å². The Bertz CT molecular complexity index is 1370. The first-order valence-electron chi connectivity index (χ1n) is 11.6. The van der Waals surface area contributed by atoms with Gasteiger partial charge in [0.15, 0.2) is 0 Å². The van der Waals surface area contributed by atoms with Gasteiger partial charge in [0.2, 0.25) is 0 Å². The van der Waals surface area contributed by atoms with E-state index in [1.54, 1.807) is 0 Å². The smallest absolute Gasteiger partial charge is 0.0654 e. The van der Waals surface area contributed by atoms with Gasteiger partial charge in [0.1, 0.15) is 0 Å². The molecule has 0 saturated carbocycles. The largest absolute Gasteiger partial charge is 0.399 e. The molecule has 5 rings (SSSR count). The van der Waals surface area contributed by atoms with Crippen LogP contribution in [0, 0.1) is 6.92 Å². The van der Waals surface area contributed by atoms with Gasteiger partial charge >= 0.3 is 0 Å². The summed E-state index contributed by atoms with van der Waals surface area (Å²) in [5, 5.41) is 3.70. The topological polar surface area (TPSA) is 64.1 Å². The van der Waals surface area contributed by atoms with Gasteiger partial charge in [-0.2, -0.15) is 0 Å². The molecular formula is C31H29N3. The van der Waals surface area contributed by atoms with E-state index >= 15 is 0 Å². The van der Waals surface area contributed by atoms with E-state index in [2.05, 4.69) is 109 Å². The SMILES string of the molecule is Cc1cccc(Nc2c(-c3ccccc3)cccc2C2(N)C=CC(c3ccc(N)cc3)=CC2)c1. The Labute approximate surface area is 201 Å². The molecule has 1 aliphatic rings. The maximum atomic E-state index is 7.08. The third-order valence-electron chi connectivity index (χ3n) is 6.40. The van der Waals surface area contributed by atoms with Crippen LogP contribution in [0.5, 0.6) is 0 Å². The van der Waals surface area contributed by atoms with E-state index in [4.69, 9.17) is 11.5 Å². The number of anilines is 3. The first kappa shape index (κ1) is 21.7. The maximum Gasteiger partial charge on any atom is 0.0654 e. The first-order valence-corrected chi connectivity index (χ1v) is 11.6. The van der Waals surface area contributed by atoms with Crippen molar-refractivity contribution < 1.29 is 0 Å². The second-order valence-corrected chi connectivity index (χ2v) is 8.95. The minimum Gasteiger partial charge on any atom is -0.399 e. The van der Waals surface area contributed by atoms with Crippen molar-refractivity contribution in [2.45, 2.75) is 18.9 Å². The molecule has 34 heavy (non-hydrogen) atoms. The lowest BCUT2D eigenvalue weighted by Crippen LogP contribution is -2.36. The summed E-state index contributed by atoms with van der Waals surface area (Å²) < 4.78 is 0. The van der Waals surface area contributed by atoms with Crippen molar-refractivity contribution in [1.82, 2.24) is 0 Å². The van der Waals surface area contributed by atoms with Gasteiger partial charge in [-0.25, -0.2) is 0 Å². The minimum atomic E-state index is -0.631. The zero-order valence-electron chi connectivity index (χ0n) is 19.3. The van der Waals surface area contributed by atoms with Gasteiger partial charge in [0.05, 0.1) is 11.2 Å². The Morgan fingerprint density at radius 1 is 0.794 bits per heavy atom. The van der Waals surface area contributed by atoms with Crippen molar-refractivity contribution >= 4 is 22.6 Å². The molecule has 168 valence electrons. The number of para-hydroxylation sites is 1. The van der Waals surface area contributed by atoms with Crippen molar-refractivity contribution in [2.24, 2.45) is 5.73 Å². The van der Waals surface area contributed by atoms with Gasteiger partial charge in [-0.3, -0.25) is 0 Å². The number of aryl methyl sites for hydroxylation is 1. The predicted molar refractivity (Wildman–Crippen MR) is 145 cm³/mol. The van der Waals surface area contributed by atoms with Crippen LogP contribution in [0.15, 0.2) is 115 Å². The molecule has 4 aromatic carbocycles. The van der Waals surface area contributed by atoms with E-state index in [0.717, 1.165) is 44.9 Å². The lowest BCUT2D eigenvalue weighted by molar-refractivity contribution is 0.569. The van der Waals surface area contributed by atoms with Crippen molar-refractivity contribution in [3.63, 3.8) is 0 Å². The quantitative estimate of drug-likeness (QED) is 0.286. The van der Waals surface area contributed by atoms with Gasteiger partial charge in [0.25, 0.3) is 0 Å². The number of nitrogens with one attached hydrogen (secondary N) is 1. The summed E-state index contributed by atoms with van der Waals surface area (Å²) in [7, 11) is 0. The predicted octanol–water partition coefficient (Wildman–Crippen LogP) is 7.19. The second-order valence-electron chi connectivity index (χ2n) is 8.95. The van der Waals surface area contributed by atoms with Crippen LogP contribution in [-0.2, 0) is 5.54 Å². The van der Waals surface area contributed by atoms with Crippen LogP contribution in [0.4, 0.5) is 17.1 Å². The number of hydrogen-bond acceptors (Lipinski definition) is 3. The van der Waals surface area contributed by atoms with Crippen LogP contribution in [0.25, 0.3) is 16.7 Å². The standard InChI is InChI=1S/C31H29N3/c1-22-7-5-10-27(21-22)34-30-28(25-8-3-2-4-9-25)11-6-12-29(30)31(33)19-17-24(18-20-31)23-13-15-26(32)16-14-23/h2-19,21,34H,20,32-33H2,1H3. The highest BCUT2D eigenvalue weighted by molar-refractivity contribution is 5.85. The molecule has 0 fully saturated rings. The van der Waals surface area contributed by atoms with E-state index < -0.39 is 5.54 Å². The zero-order valence-corrected chi connectivity index (χ0v) is 19.3. The fourth-order valence-corrected chi connectivity index (χ4v) is 4.54. The van der Waals surface area contributed by atoms with Gasteiger partial charge in [-0.15, -0.1) is 0 Å². The van der Waals surface area contributed by atoms with Crippen molar-refractivity contribution in [3.8, 4) is 11.1 Å². The summed E-state index contributed by atoms with van der Waals surface area (Å²) in [5.74, 6) is 0. The molecule has 0 aromatic heterocycles. The Morgan fingerprint density at radius 3 is 2.26 bits per heavy atom. The van der Waals surface area contributed by atoms with Crippen LogP contribution in [0.1, 0.15) is 23.1 Å². The van der Waals surface area contributed by atoms with Crippen LogP contribution < -0.4 is 16.8 Å². The van der Waals surface area contributed by atoms with Gasteiger partial charge in [-0.05, 0) is 59.9 Å². The number of nitrogens with two attached hydrogens (primary N) is 2. The second kappa shape index (κ2) is 9.05. The average molecular weight is 444 g/mol.